The van der Waals surface area contributed by atoms with Crippen LogP contribution in [0.1, 0.15) is 31.9 Å². The molecule has 15 aromatic heterocycles. The van der Waals surface area contributed by atoms with Crippen molar-refractivity contribution in [1.29, 1.82) is 0 Å². The molecule has 103 heavy (non-hydrogen) atoms. The molecule has 0 amide bonds. The van der Waals surface area contributed by atoms with Crippen LogP contribution >= 0.6 is 11.3 Å². The maximum atomic E-state index is 7.99. The van der Waals surface area contributed by atoms with Crippen LogP contribution in [0.4, 0.5) is 0 Å². The normalized spacial score (nSPS) is 13.5. The van der Waals surface area contributed by atoms with Crippen LogP contribution in [0.2, 0.25) is 0 Å². The zero-order valence-electron chi connectivity index (χ0n) is 58.4. The average molecular weight is 1360 g/mol. The highest BCUT2D eigenvalue weighted by atomic mass is 32.1. The molecule has 0 N–H and O–H groups in total. The smallest absolute Gasteiger partial charge is 0.344 e. The Balaban J connectivity index is 0.0000000830. The molecule has 0 radical (unpaired) electrons. The molecule has 21 aromatic rings. The minimum atomic E-state index is -2.26. The Morgan fingerprint density at radius 3 is 1.38 bits per heavy atom. The second-order valence-electron chi connectivity index (χ2n) is 26.7. The summed E-state index contributed by atoms with van der Waals surface area (Å²) in [5.41, 5.74) is 32.2. The highest BCUT2D eigenvalue weighted by Gasteiger charge is 2.38. The highest BCUT2D eigenvalue weighted by molar-refractivity contribution is 7.23. The van der Waals surface area contributed by atoms with E-state index in [9.17, 15) is 0 Å². The van der Waals surface area contributed by atoms with Crippen molar-refractivity contribution in [1.82, 2.24) is 60.6 Å². The van der Waals surface area contributed by atoms with Crippen molar-refractivity contribution >= 4 is 93.2 Å². The first-order valence-electron chi connectivity index (χ1n) is 35.8. The summed E-state index contributed by atoms with van der Waals surface area (Å²) >= 11 is 1.80. The van der Waals surface area contributed by atoms with Crippen LogP contribution in [-0.4, -0.2) is 60.6 Å². The number of pyridine rings is 5. The molecule has 20 heterocycles. The Hall–Kier alpha value is -13.5. The van der Waals surface area contributed by atoms with Crippen LogP contribution in [0.25, 0.3) is 144 Å². The van der Waals surface area contributed by atoms with E-state index in [4.69, 9.17) is 8.53 Å². The van der Waals surface area contributed by atoms with Gasteiger partial charge in [0.2, 0.25) is 27.6 Å². The van der Waals surface area contributed by atoms with E-state index in [0.29, 0.717) is 11.2 Å². The number of oxazole rings is 1. The number of rotatable bonds is 1. The number of para-hydroxylation sites is 1. The molecule has 0 spiro atoms. The zero-order chi connectivity index (χ0) is 70.2. The third-order valence-corrected chi connectivity index (χ3v) is 22.1. The predicted molar refractivity (Wildman–Crippen MR) is 395 cm³/mol. The zero-order valence-corrected chi connectivity index (χ0v) is 56.2. The second kappa shape index (κ2) is 22.0. The van der Waals surface area contributed by atoms with Gasteiger partial charge in [-0.2, -0.15) is 22.0 Å². The monoisotopic (exact) mass is 1360 g/mol. The summed E-state index contributed by atoms with van der Waals surface area (Å²) in [5, 5.41) is 0. The van der Waals surface area contributed by atoms with Gasteiger partial charge in [-0.15, -0.1) is 0 Å². The minimum Gasteiger partial charge on any atom is -0.415 e. The van der Waals surface area contributed by atoms with Gasteiger partial charge in [-0.05, 0) is 42.5 Å². The number of aryl methyl sites for hydroxylation is 2. The van der Waals surface area contributed by atoms with Gasteiger partial charge in [0.25, 0.3) is 48.1 Å². The number of fused-ring (bicyclic) bond motifs is 35. The lowest BCUT2D eigenvalue weighted by Crippen LogP contribution is -2.29. The molecule has 5 aliphatic heterocycles. The second-order valence-corrected chi connectivity index (χ2v) is 27.8. The molecule has 0 atom stereocenters. The molecule has 0 bridgehead atoms. The third kappa shape index (κ3) is 8.43. The summed E-state index contributed by atoms with van der Waals surface area (Å²) in [6.45, 7) is 2.26. The van der Waals surface area contributed by atoms with E-state index in [0.717, 1.165) is 83.0 Å². The van der Waals surface area contributed by atoms with E-state index in [-0.39, 0.29) is 0 Å². The molecule has 19 nitrogen and oxygen atoms in total. The maximum Gasteiger partial charge on any atom is 0.344 e. The van der Waals surface area contributed by atoms with Gasteiger partial charge in [-0.25, -0.2) is 22.8 Å². The van der Waals surface area contributed by atoms with E-state index < -0.39 is 6.98 Å². The van der Waals surface area contributed by atoms with Crippen LogP contribution < -0.4 is 22.8 Å². The minimum absolute atomic E-state index is 0.669. The van der Waals surface area contributed by atoms with Gasteiger partial charge in [0.15, 0.2) is 33.2 Å². The van der Waals surface area contributed by atoms with Gasteiger partial charge < -0.3 is 13.6 Å². The number of aromatic nitrogens is 18. The lowest BCUT2D eigenvalue weighted by molar-refractivity contribution is -0.671. The number of benzene rings is 6. The number of imidazole rings is 8. The van der Waals surface area contributed by atoms with Crippen LogP contribution in [0.3, 0.4) is 0 Å². The summed E-state index contributed by atoms with van der Waals surface area (Å²) in [7, 11) is 2.12. The summed E-state index contributed by atoms with van der Waals surface area (Å²) in [5.74, 6) is 1.29. The lowest BCUT2D eigenvalue weighted by Gasteiger charge is -2.04. The molecular formula is C83H61N18OS+5. The predicted octanol–water partition coefficient (Wildman–Crippen LogP) is 13.1. The molecular weight excluding hydrogens is 1300 g/mol. The van der Waals surface area contributed by atoms with Gasteiger partial charge in [-0.3, -0.25) is 29.5 Å². The quantitative estimate of drug-likeness (QED) is 0.150. The molecule has 0 aliphatic carbocycles. The summed E-state index contributed by atoms with van der Waals surface area (Å²) in [4.78, 5) is 22.4. The molecule has 490 valence electrons. The highest BCUT2D eigenvalue weighted by Crippen LogP contribution is 2.40. The van der Waals surface area contributed by atoms with Gasteiger partial charge in [0, 0.05) is 123 Å². The summed E-state index contributed by atoms with van der Waals surface area (Å²) < 4.78 is 59.5. The Labute approximate surface area is 594 Å². The van der Waals surface area contributed by atoms with Crippen molar-refractivity contribution in [2.45, 2.75) is 32.7 Å². The first-order valence-corrected chi connectivity index (χ1v) is 35.1. The first-order chi connectivity index (χ1) is 52.1. The van der Waals surface area contributed by atoms with E-state index in [1.807, 2.05) is 78.4 Å². The van der Waals surface area contributed by atoms with Crippen LogP contribution in [0.5, 0.6) is 0 Å². The van der Waals surface area contributed by atoms with E-state index in [1.165, 1.54) is 115 Å². The van der Waals surface area contributed by atoms with Gasteiger partial charge in [-0.1, -0.05) is 139 Å². The van der Waals surface area contributed by atoms with E-state index >= 15 is 0 Å². The topological polar surface area (TPSA) is 134 Å². The fourth-order valence-electron chi connectivity index (χ4n) is 16.7. The van der Waals surface area contributed by atoms with Crippen molar-refractivity contribution in [3.63, 3.8) is 0 Å². The van der Waals surface area contributed by atoms with Crippen molar-refractivity contribution in [3.8, 4) is 62.1 Å². The van der Waals surface area contributed by atoms with Gasteiger partial charge in [0.1, 0.15) is 44.4 Å². The SMILES string of the molecule is Cn1c2ccncc2n2c[n+]3c(c12)-c1ccccc1C3.[2H]C([2H])([2H])n1c2ccncc2n2c[n+]3c(c12)-c1ccccc1C3.c1ccc(-n2c3ccncc3n3c[n+]4c(c23)-c2ccccc2C4)cc1.c1ccc2c(c1)C[n+]1cc3sc4cnccc4n3c1-2.c1ccc2c(c1)C[n+]1cn3c(oc4ccncc43)c1-2. The van der Waals surface area contributed by atoms with Crippen molar-refractivity contribution in [3.05, 3.63) is 303 Å². The Bertz CT molecular complexity index is 7230. The number of thiazole rings is 1. The molecule has 5 aliphatic rings. The van der Waals surface area contributed by atoms with Crippen molar-refractivity contribution in [2.24, 2.45) is 14.0 Å². The van der Waals surface area contributed by atoms with Crippen LogP contribution in [-0.2, 0) is 46.7 Å². The number of hydrogen-bond donors (Lipinski definition) is 0. The largest absolute Gasteiger partial charge is 0.415 e. The fraction of sp³-hybridized carbons (Fsp3) is 0.0843. The van der Waals surface area contributed by atoms with Crippen LogP contribution in [0, 0.1) is 0 Å². The van der Waals surface area contributed by atoms with Gasteiger partial charge >= 0.3 is 5.71 Å². The van der Waals surface area contributed by atoms with E-state index in [1.54, 1.807) is 36.0 Å². The van der Waals surface area contributed by atoms with E-state index in [2.05, 4.69) is 258 Å². The van der Waals surface area contributed by atoms with Crippen molar-refractivity contribution in [2.75, 3.05) is 0 Å². The molecule has 26 rings (SSSR count). The third-order valence-electron chi connectivity index (χ3n) is 21.1. The van der Waals surface area contributed by atoms with Gasteiger partial charge in [0.05, 0.1) is 46.1 Å². The molecule has 20 heteroatoms. The molecule has 6 aromatic carbocycles. The fourth-order valence-corrected chi connectivity index (χ4v) is 17.7. The number of hydrogen-bond acceptors (Lipinski definition) is 7. The summed E-state index contributed by atoms with van der Waals surface area (Å²) in [6, 6.07) is 63.1. The van der Waals surface area contributed by atoms with Crippen molar-refractivity contribution < 1.29 is 31.4 Å². The first kappa shape index (κ1) is 54.5. The maximum absolute atomic E-state index is 7.99. The Morgan fingerprint density at radius 1 is 0.379 bits per heavy atom. The molecule has 0 unspecified atom stereocenters. The summed E-state index contributed by atoms with van der Waals surface area (Å²) in [6.07, 6.45) is 29.1. The standard InChI is InChI=1S/C21H15N4.2C16H13N4.C15H10N3O.C15H10N3S/c1-2-7-16(8-3-1)25-18-10-11-22-12-19(18)24-14-23-13-15-6-4-5-9-17(15)20(23)21(24)25;2*1-18-13-6-7-17-8-14(13)20-10-19-9-11-4-2-3-5-12(11)15(19)16(18)20;1-2-4-11-10(3-1)8-17-9-18-12-7-16-6-5-13(12)19-15(18)14(11)17;1-2-4-11-10(3-1)8-17-9-14-18(15(11)17)12-5-6-16-7-13(12)19-14/h1-12,14H,13H2;2*2-8,10H,9H2,1H3;2*1-7,9H,8H2/q5*+1/i;1D3;;;. The average Bonchev–Trinajstić information content (AvgIpc) is 1.56. The Kier molecular flexibility index (Phi) is 11.6. The molecule has 0 fully saturated rings. The number of nitrogens with zero attached hydrogens (tertiary/aromatic N) is 18. The van der Waals surface area contributed by atoms with Crippen LogP contribution in [0.15, 0.2) is 280 Å². The molecule has 0 saturated carbocycles. The molecule has 0 saturated heterocycles. The Morgan fingerprint density at radius 2 is 0.796 bits per heavy atom. The lowest BCUT2D eigenvalue weighted by atomic mass is 10.1.